The molecule has 0 fully saturated rings. The van der Waals surface area contributed by atoms with Crippen LogP contribution in [0.2, 0.25) is 0 Å². The van der Waals surface area contributed by atoms with Crippen molar-refractivity contribution < 1.29 is 13.5 Å². The molecule has 0 amide bonds. The molecule has 1 atom stereocenters. The Hall–Kier alpha value is -1.70. The van der Waals surface area contributed by atoms with Crippen molar-refractivity contribution in [2.75, 3.05) is 6.54 Å². The summed E-state index contributed by atoms with van der Waals surface area (Å²) in [7, 11) is -3.57. The lowest BCUT2D eigenvalue weighted by Gasteiger charge is -2.11. The number of imidazole rings is 1. The van der Waals surface area contributed by atoms with Crippen LogP contribution in [0, 0.1) is 0 Å². The molecule has 3 N–H and O–H groups in total. The van der Waals surface area contributed by atoms with Crippen LogP contribution in [0.25, 0.3) is 0 Å². The van der Waals surface area contributed by atoms with Crippen LogP contribution >= 0.6 is 0 Å². The van der Waals surface area contributed by atoms with Crippen molar-refractivity contribution >= 4 is 10.0 Å². The van der Waals surface area contributed by atoms with Gasteiger partial charge >= 0.3 is 0 Å². The van der Waals surface area contributed by atoms with Gasteiger partial charge < -0.3 is 10.1 Å². The lowest BCUT2D eigenvalue weighted by atomic mass is 10.1. The molecule has 19 heavy (non-hydrogen) atoms. The van der Waals surface area contributed by atoms with Gasteiger partial charge in [-0.25, -0.2) is 18.1 Å². The molecule has 0 spiro atoms. The van der Waals surface area contributed by atoms with E-state index in [-0.39, 0.29) is 11.6 Å². The fourth-order valence-electron chi connectivity index (χ4n) is 1.64. The van der Waals surface area contributed by atoms with Gasteiger partial charge in [0, 0.05) is 6.54 Å². The van der Waals surface area contributed by atoms with Crippen LogP contribution in [-0.2, 0) is 10.0 Å². The molecule has 6 nitrogen and oxygen atoms in total. The van der Waals surface area contributed by atoms with Crippen LogP contribution < -0.4 is 4.72 Å². The summed E-state index contributed by atoms with van der Waals surface area (Å²) in [6, 6.07) is 9.11. The van der Waals surface area contributed by atoms with E-state index in [4.69, 9.17) is 0 Å². The number of sulfonamides is 1. The first kappa shape index (κ1) is 13.7. The molecule has 0 aliphatic carbocycles. The van der Waals surface area contributed by atoms with Crippen LogP contribution in [0.5, 0.6) is 0 Å². The highest BCUT2D eigenvalue weighted by molar-refractivity contribution is 7.89. The van der Waals surface area contributed by atoms with Crippen molar-refractivity contribution in [2.45, 2.75) is 17.6 Å². The first-order valence-corrected chi connectivity index (χ1v) is 7.29. The number of rotatable bonds is 6. The largest absolute Gasteiger partial charge is 0.388 e. The van der Waals surface area contributed by atoms with Crippen LogP contribution in [0.15, 0.2) is 47.9 Å². The lowest BCUT2D eigenvalue weighted by Crippen LogP contribution is -2.26. The Morgan fingerprint density at radius 1 is 1.32 bits per heavy atom. The van der Waals surface area contributed by atoms with Crippen molar-refractivity contribution in [3.05, 3.63) is 48.4 Å². The summed E-state index contributed by atoms with van der Waals surface area (Å²) in [5.74, 6) is 0. The Labute approximate surface area is 111 Å². The topological polar surface area (TPSA) is 95.1 Å². The molecule has 0 aliphatic rings. The van der Waals surface area contributed by atoms with E-state index < -0.39 is 16.1 Å². The lowest BCUT2D eigenvalue weighted by molar-refractivity contribution is 0.169. The second-order valence-electron chi connectivity index (χ2n) is 4.03. The molecule has 2 aromatic rings. The molecule has 0 aliphatic heterocycles. The predicted octanol–water partition coefficient (Wildman–Crippen LogP) is 0.812. The SMILES string of the molecule is O=S(=O)(NCC[C@H](O)c1ccccc1)c1cnc[nH]1. The summed E-state index contributed by atoms with van der Waals surface area (Å²) in [6.07, 6.45) is 2.14. The van der Waals surface area contributed by atoms with Crippen LogP contribution in [0.4, 0.5) is 0 Å². The average Bonchev–Trinajstić information content (AvgIpc) is 2.94. The maximum atomic E-state index is 11.7. The predicted molar refractivity (Wildman–Crippen MR) is 69.8 cm³/mol. The number of benzene rings is 1. The van der Waals surface area contributed by atoms with E-state index in [9.17, 15) is 13.5 Å². The Kier molecular flexibility index (Phi) is 4.31. The van der Waals surface area contributed by atoms with Crippen molar-refractivity contribution in [1.29, 1.82) is 0 Å². The summed E-state index contributed by atoms with van der Waals surface area (Å²) >= 11 is 0. The molecule has 2 rings (SSSR count). The maximum absolute atomic E-state index is 11.7. The number of nitrogens with one attached hydrogen (secondary N) is 2. The molecule has 0 unspecified atom stereocenters. The summed E-state index contributed by atoms with van der Waals surface area (Å²) in [5, 5.41) is 9.91. The highest BCUT2D eigenvalue weighted by atomic mass is 32.2. The molecular weight excluding hydrogens is 266 g/mol. The first-order chi connectivity index (χ1) is 9.09. The molecule has 7 heteroatoms. The summed E-state index contributed by atoms with van der Waals surface area (Å²) in [4.78, 5) is 6.18. The summed E-state index contributed by atoms with van der Waals surface area (Å²) in [5.41, 5.74) is 0.767. The number of hydrogen-bond acceptors (Lipinski definition) is 4. The Morgan fingerprint density at radius 2 is 2.05 bits per heavy atom. The molecule has 1 heterocycles. The smallest absolute Gasteiger partial charge is 0.257 e. The third kappa shape index (κ3) is 3.63. The maximum Gasteiger partial charge on any atom is 0.257 e. The van der Waals surface area contributed by atoms with E-state index >= 15 is 0 Å². The summed E-state index contributed by atoms with van der Waals surface area (Å²) < 4.78 is 25.9. The number of aromatic nitrogens is 2. The molecule has 0 saturated carbocycles. The number of aliphatic hydroxyl groups is 1. The van der Waals surface area contributed by atoms with Crippen molar-refractivity contribution in [3.63, 3.8) is 0 Å². The second-order valence-corrected chi connectivity index (χ2v) is 5.76. The standard InChI is InChI=1S/C12H15N3O3S/c16-11(10-4-2-1-3-5-10)6-7-15-19(17,18)12-8-13-9-14-12/h1-5,8-9,11,15-16H,6-7H2,(H,13,14)/t11-/m0/s1. The van der Waals surface area contributed by atoms with Gasteiger partial charge in [-0.15, -0.1) is 0 Å². The second kappa shape index (κ2) is 5.96. The number of nitrogens with zero attached hydrogens (tertiary/aromatic N) is 1. The fraction of sp³-hybridized carbons (Fsp3) is 0.250. The van der Waals surface area contributed by atoms with Crippen molar-refractivity contribution in [1.82, 2.24) is 14.7 Å². The quantitative estimate of drug-likeness (QED) is 0.730. The van der Waals surface area contributed by atoms with E-state index in [1.165, 1.54) is 12.5 Å². The van der Waals surface area contributed by atoms with Gasteiger partial charge in [-0.1, -0.05) is 30.3 Å². The Bertz CT molecular complexity index is 596. The minimum atomic E-state index is -3.57. The van der Waals surface area contributed by atoms with Gasteiger partial charge in [0.2, 0.25) is 0 Å². The van der Waals surface area contributed by atoms with Crippen molar-refractivity contribution in [3.8, 4) is 0 Å². The monoisotopic (exact) mass is 281 g/mol. The van der Waals surface area contributed by atoms with E-state index in [1.807, 2.05) is 18.2 Å². The Morgan fingerprint density at radius 3 is 2.68 bits per heavy atom. The number of aromatic amines is 1. The van der Waals surface area contributed by atoms with Crippen molar-refractivity contribution in [2.24, 2.45) is 0 Å². The number of H-pyrrole nitrogens is 1. The van der Waals surface area contributed by atoms with Gasteiger partial charge in [0.25, 0.3) is 10.0 Å². The van der Waals surface area contributed by atoms with Gasteiger partial charge in [-0.3, -0.25) is 0 Å². The third-order valence-corrected chi connectivity index (χ3v) is 4.04. The fourth-order valence-corrected chi connectivity index (χ4v) is 2.59. The normalized spacial score (nSPS) is 13.3. The van der Waals surface area contributed by atoms with Gasteiger partial charge in [0.15, 0.2) is 5.03 Å². The molecule has 0 bridgehead atoms. The molecule has 1 aromatic carbocycles. The zero-order chi connectivity index (χ0) is 13.7. The van der Waals surface area contributed by atoms with Crippen LogP contribution in [0.3, 0.4) is 0 Å². The van der Waals surface area contributed by atoms with E-state index in [0.29, 0.717) is 6.42 Å². The average molecular weight is 281 g/mol. The molecular formula is C12H15N3O3S. The minimum absolute atomic E-state index is 0.0155. The number of hydrogen-bond donors (Lipinski definition) is 3. The van der Waals surface area contributed by atoms with Crippen LogP contribution in [-0.4, -0.2) is 30.0 Å². The number of aliphatic hydroxyl groups excluding tert-OH is 1. The molecule has 0 saturated heterocycles. The highest BCUT2D eigenvalue weighted by Crippen LogP contribution is 2.15. The highest BCUT2D eigenvalue weighted by Gasteiger charge is 2.15. The summed E-state index contributed by atoms with van der Waals surface area (Å²) in [6.45, 7) is 0.150. The molecule has 1 aromatic heterocycles. The van der Waals surface area contributed by atoms with Gasteiger partial charge in [-0.05, 0) is 12.0 Å². The van der Waals surface area contributed by atoms with E-state index in [1.54, 1.807) is 12.1 Å². The van der Waals surface area contributed by atoms with E-state index in [2.05, 4.69) is 14.7 Å². The molecule has 102 valence electrons. The minimum Gasteiger partial charge on any atom is -0.388 e. The Balaban J connectivity index is 1.87. The zero-order valence-electron chi connectivity index (χ0n) is 10.2. The van der Waals surface area contributed by atoms with Gasteiger partial charge in [0.1, 0.15) is 0 Å². The van der Waals surface area contributed by atoms with E-state index in [0.717, 1.165) is 5.56 Å². The van der Waals surface area contributed by atoms with Gasteiger partial charge in [0.05, 0.1) is 18.6 Å². The zero-order valence-corrected chi connectivity index (χ0v) is 11.0. The first-order valence-electron chi connectivity index (χ1n) is 5.80. The van der Waals surface area contributed by atoms with Gasteiger partial charge in [-0.2, -0.15) is 0 Å². The molecule has 0 radical (unpaired) electrons. The van der Waals surface area contributed by atoms with Crippen LogP contribution in [0.1, 0.15) is 18.1 Å². The third-order valence-electron chi connectivity index (χ3n) is 2.66.